The predicted molar refractivity (Wildman–Crippen MR) is 124 cm³/mol. The number of ether oxygens (including phenoxy) is 2. The number of carboxylic acids is 2. The zero-order valence-corrected chi connectivity index (χ0v) is 19.6. The second kappa shape index (κ2) is 29.3. The van der Waals surface area contributed by atoms with Crippen LogP contribution in [-0.2, 0) is 28.7 Å². The summed E-state index contributed by atoms with van der Waals surface area (Å²) in [6.07, 6.45) is 4.33. The molecule has 0 aromatic rings. The number of aliphatic carboxylic acids is 2. The number of nitrogens with zero attached hydrogens (tertiary/aromatic N) is 1. The third-order valence-corrected chi connectivity index (χ3v) is 2.26. The summed E-state index contributed by atoms with van der Waals surface area (Å²) in [7, 11) is 1.33. The number of carbonyl (C=O) groups excluding carboxylic acids is 2. The molecule has 0 aromatic heterocycles. The summed E-state index contributed by atoms with van der Waals surface area (Å²) in [4.78, 5) is 39.7. The first-order chi connectivity index (χ1) is 14.7. The lowest BCUT2D eigenvalue weighted by molar-refractivity contribution is -0.138. The maximum absolute atomic E-state index is 10.3. The molecule has 180 valence electrons. The number of nitriles is 1. The summed E-state index contributed by atoms with van der Waals surface area (Å²) in [6, 6.07) is 1.69. The lowest BCUT2D eigenvalue weighted by Crippen LogP contribution is -2.00. The Labute approximate surface area is 190 Å². The van der Waals surface area contributed by atoms with Crippen molar-refractivity contribution in [2.75, 3.05) is 13.7 Å². The number of unbranched alkanes of at least 4 members (excludes halogenated alkanes) is 1. The van der Waals surface area contributed by atoms with E-state index in [1.165, 1.54) is 33.1 Å². The Balaban J connectivity index is -0.0000000972. The van der Waals surface area contributed by atoms with Crippen molar-refractivity contribution in [2.24, 2.45) is 0 Å². The van der Waals surface area contributed by atoms with E-state index in [4.69, 9.17) is 15.5 Å². The minimum atomic E-state index is -0.935. The van der Waals surface area contributed by atoms with E-state index in [2.05, 4.69) is 42.4 Å². The summed E-state index contributed by atoms with van der Waals surface area (Å²) >= 11 is 0. The monoisotopic (exact) mass is 453 g/mol. The molecule has 0 aliphatic carbocycles. The van der Waals surface area contributed by atoms with Gasteiger partial charge < -0.3 is 19.7 Å². The van der Waals surface area contributed by atoms with E-state index in [1.807, 2.05) is 6.92 Å². The highest BCUT2D eigenvalue weighted by molar-refractivity contribution is 5.86. The van der Waals surface area contributed by atoms with E-state index in [-0.39, 0.29) is 23.1 Å². The molecule has 0 spiro atoms. The number of methoxy groups -OCH3 is 1. The summed E-state index contributed by atoms with van der Waals surface area (Å²) in [5, 5.41) is 23.3. The van der Waals surface area contributed by atoms with Gasteiger partial charge in [-0.1, -0.05) is 46.2 Å². The molecule has 9 nitrogen and oxygen atoms in total. The topological polar surface area (TPSA) is 151 Å². The molecule has 0 amide bonds. The molecule has 0 atom stereocenters. The van der Waals surface area contributed by atoms with Crippen LogP contribution in [0.1, 0.15) is 40.5 Å². The molecular formula is C23H35NO8. The van der Waals surface area contributed by atoms with Gasteiger partial charge in [0.2, 0.25) is 0 Å². The second-order valence-corrected chi connectivity index (χ2v) is 5.50. The summed E-state index contributed by atoms with van der Waals surface area (Å²) in [6.45, 7) is 23.1. The Morgan fingerprint density at radius 1 is 0.938 bits per heavy atom. The maximum atomic E-state index is 10.3. The first-order valence-electron chi connectivity index (χ1n) is 9.00. The highest BCUT2D eigenvalue weighted by atomic mass is 16.5. The van der Waals surface area contributed by atoms with Crippen molar-refractivity contribution in [2.45, 2.75) is 40.5 Å². The van der Waals surface area contributed by atoms with Gasteiger partial charge in [0.05, 0.1) is 19.8 Å². The van der Waals surface area contributed by atoms with E-state index in [0.717, 1.165) is 12.8 Å². The minimum Gasteiger partial charge on any atom is -0.478 e. The smallest absolute Gasteiger partial charge is 0.332 e. The molecule has 32 heavy (non-hydrogen) atoms. The Kier molecular flexibility index (Phi) is 35.4. The van der Waals surface area contributed by atoms with Gasteiger partial charge in [0.1, 0.15) is 0 Å². The van der Waals surface area contributed by atoms with Crippen LogP contribution in [0.15, 0.2) is 61.8 Å². The van der Waals surface area contributed by atoms with Gasteiger partial charge in [-0.05, 0) is 27.2 Å². The van der Waals surface area contributed by atoms with Gasteiger partial charge in [0.15, 0.2) is 0 Å². The number of carboxylic acid groups (broad SMARTS) is 2. The van der Waals surface area contributed by atoms with Crippen LogP contribution in [0.5, 0.6) is 0 Å². The van der Waals surface area contributed by atoms with Crippen molar-refractivity contribution in [1.82, 2.24) is 0 Å². The molecule has 0 aliphatic heterocycles. The van der Waals surface area contributed by atoms with Gasteiger partial charge in [0.25, 0.3) is 0 Å². The number of rotatable bonds is 7. The molecule has 0 saturated carbocycles. The highest BCUT2D eigenvalue weighted by Crippen LogP contribution is 1.88. The van der Waals surface area contributed by atoms with Crippen LogP contribution in [0.2, 0.25) is 0 Å². The molecule has 0 aliphatic rings. The maximum Gasteiger partial charge on any atom is 0.332 e. The zero-order valence-electron chi connectivity index (χ0n) is 19.6. The number of hydrogen-bond acceptors (Lipinski definition) is 7. The Hall–Kier alpha value is -3.93. The first kappa shape index (κ1) is 38.6. The molecule has 0 fully saturated rings. The van der Waals surface area contributed by atoms with Gasteiger partial charge in [-0.3, -0.25) is 0 Å². The average molecular weight is 454 g/mol. The Bertz CT molecular complexity index is 637. The third-order valence-electron chi connectivity index (χ3n) is 2.26. The SMILES string of the molecule is C=C(C)C(=O)O.C=C(C)C(=O)O.C=C(C)C(=O)OC.C=CC#N.C=CC(=O)OCCCC. The van der Waals surface area contributed by atoms with E-state index >= 15 is 0 Å². The van der Waals surface area contributed by atoms with Gasteiger partial charge >= 0.3 is 23.9 Å². The largest absolute Gasteiger partial charge is 0.478 e. The lowest BCUT2D eigenvalue weighted by Gasteiger charge is -1.97. The minimum absolute atomic E-state index is 0.176. The number of hydrogen-bond donors (Lipinski definition) is 2. The molecule has 0 aromatic carbocycles. The van der Waals surface area contributed by atoms with E-state index in [0.29, 0.717) is 12.2 Å². The van der Waals surface area contributed by atoms with Gasteiger partial charge in [-0.15, -0.1) is 0 Å². The predicted octanol–water partition coefficient (Wildman–Crippen LogP) is 4.24. The van der Waals surface area contributed by atoms with Gasteiger partial charge in [-0.2, -0.15) is 5.26 Å². The van der Waals surface area contributed by atoms with E-state index < -0.39 is 11.9 Å². The lowest BCUT2D eigenvalue weighted by atomic mass is 10.4. The molecule has 2 N–H and O–H groups in total. The molecular weight excluding hydrogens is 418 g/mol. The van der Waals surface area contributed by atoms with Crippen LogP contribution >= 0.6 is 0 Å². The molecule has 0 heterocycles. The van der Waals surface area contributed by atoms with Crippen LogP contribution in [-0.4, -0.2) is 47.8 Å². The van der Waals surface area contributed by atoms with Crippen LogP contribution in [0.3, 0.4) is 0 Å². The molecule has 0 unspecified atom stereocenters. The normalized spacial score (nSPS) is 7.38. The fraction of sp³-hybridized carbons (Fsp3) is 0.348. The fourth-order valence-electron chi connectivity index (χ4n) is 0.550. The van der Waals surface area contributed by atoms with Gasteiger partial charge in [0, 0.05) is 28.9 Å². The van der Waals surface area contributed by atoms with E-state index in [1.54, 1.807) is 13.0 Å². The summed E-state index contributed by atoms with van der Waals surface area (Å²) in [5.74, 6) is -2.55. The summed E-state index contributed by atoms with van der Waals surface area (Å²) < 4.78 is 8.95. The standard InChI is InChI=1S/C7H12O2.C5H8O2.2C4H6O2.C3H3N/c1-3-5-6-9-7(8)4-2;1-4(2)5(6)7-3;2*1-3(2)4(5)6;1-2-3-4/h4H,2-3,5-6H2,1H3;1H2,2-3H3;2*1H2,2H3,(H,5,6);2H,1H2. The number of carbonyl (C=O) groups is 4. The fourth-order valence-corrected chi connectivity index (χ4v) is 0.550. The molecule has 0 bridgehead atoms. The van der Waals surface area contributed by atoms with Crippen molar-refractivity contribution in [3.63, 3.8) is 0 Å². The first-order valence-corrected chi connectivity index (χ1v) is 9.00. The van der Waals surface area contributed by atoms with E-state index in [9.17, 15) is 19.2 Å². The van der Waals surface area contributed by atoms with Crippen molar-refractivity contribution >= 4 is 23.9 Å². The van der Waals surface area contributed by atoms with Crippen molar-refractivity contribution in [3.8, 4) is 6.07 Å². The van der Waals surface area contributed by atoms with Crippen molar-refractivity contribution in [3.05, 3.63) is 61.8 Å². The van der Waals surface area contributed by atoms with Crippen LogP contribution in [0.4, 0.5) is 0 Å². The molecule has 0 saturated heterocycles. The average Bonchev–Trinajstić information content (AvgIpc) is 2.74. The molecule has 0 radical (unpaired) electrons. The number of esters is 2. The molecule has 9 heteroatoms. The Morgan fingerprint density at radius 2 is 1.28 bits per heavy atom. The molecule has 0 rings (SSSR count). The van der Waals surface area contributed by atoms with Crippen molar-refractivity contribution < 1.29 is 38.9 Å². The van der Waals surface area contributed by atoms with Crippen molar-refractivity contribution in [1.29, 1.82) is 5.26 Å². The number of allylic oxidation sites excluding steroid dienone is 1. The third kappa shape index (κ3) is 50.2. The second-order valence-electron chi connectivity index (χ2n) is 5.50. The van der Waals surface area contributed by atoms with Crippen LogP contribution < -0.4 is 0 Å². The highest BCUT2D eigenvalue weighted by Gasteiger charge is 1.95. The van der Waals surface area contributed by atoms with Gasteiger partial charge in [-0.25, -0.2) is 19.2 Å². The Morgan fingerprint density at radius 3 is 1.41 bits per heavy atom. The summed E-state index contributed by atoms with van der Waals surface area (Å²) in [5.41, 5.74) is 0.785. The quantitative estimate of drug-likeness (QED) is 0.249. The van der Waals surface area contributed by atoms with Crippen LogP contribution in [0.25, 0.3) is 0 Å². The zero-order chi connectivity index (χ0) is 26.7. The van der Waals surface area contributed by atoms with Crippen LogP contribution in [0, 0.1) is 11.3 Å².